The van der Waals surface area contributed by atoms with Gasteiger partial charge < -0.3 is 0 Å². The topological polar surface area (TPSA) is 37.4 Å². The van der Waals surface area contributed by atoms with Gasteiger partial charge in [-0.3, -0.25) is 4.31 Å². The molecule has 0 spiro atoms. The molecule has 2 fully saturated rings. The largest absolute Gasteiger partial charge is 0.273 e. The van der Waals surface area contributed by atoms with Gasteiger partial charge in [-0.05, 0) is 55.6 Å². The Bertz CT molecular complexity index is 673. The van der Waals surface area contributed by atoms with Gasteiger partial charge in [0.05, 0.1) is 4.90 Å². The van der Waals surface area contributed by atoms with Gasteiger partial charge >= 0.3 is 0 Å². The van der Waals surface area contributed by atoms with E-state index in [1.54, 1.807) is 12.1 Å². The fraction of sp³-hybridized carbons (Fsp3) is 0.500. The van der Waals surface area contributed by atoms with Crippen molar-refractivity contribution in [1.82, 2.24) is 4.31 Å². The van der Waals surface area contributed by atoms with E-state index in [4.69, 9.17) is 0 Å². The zero-order valence-corrected chi connectivity index (χ0v) is 12.4. The van der Waals surface area contributed by atoms with Gasteiger partial charge in [-0.2, -0.15) is 0 Å². The highest BCUT2D eigenvalue weighted by molar-refractivity contribution is 7.89. The summed E-state index contributed by atoms with van der Waals surface area (Å²) in [5, 5.41) is 0. The van der Waals surface area contributed by atoms with Crippen LogP contribution in [0.4, 0.5) is 0 Å². The number of nitrogens with zero attached hydrogens (tertiary/aromatic N) is 1. The standard InChI is InChI=1S/C16H19NO2S/c1-12-2-6-15(7-3-12)20(18,19)17-9-8-16(13-4-5-13)10-14(16)11-17/h2-3,6-9,13-14H,4-5,10-11H2,1H3/t14-,16-/m1/s1. The SMILES string of the molecule is Cc1ccc(S(=O)(=O)N2C=C[C@]3(C4CC4)C[C@@H]3C2)cc1. The predicted octanol–water partition coefficient (Wildman–Crippen LogP) is 2.93. The third-order valence-corrected chi connectivity index (χ3v) is 6.87. The molecular weight excluding hydrogens is 270 g/mol. The monoisotopic (exact) mass is 289 g/mol. The number of allylic oxidation sites excluding steroid dienone is 1. The lowest BCUT2D eigenvalue weighted by Gasteiger charge is -2.27. The fourth-order valence-electron chi connectivity index (χ4n) is 3.59. The van der Waals surface area contributed by atoms with Crippen LogP contribution in [-0.2, 0) is 10.0 Å². The minimum absolute atomic E-state index is 0.360. The lowest BCUT2D eigenvalue weighted by molar-refractivity contribution is 0.392. The highest BCUT2D eigenvalue weighted by Crippen LogP contribution is 2.67. The maximum Gasteiger partial charge on any atom is 0.263 e. The van der Waals surface area contributed by atoms with Gasteiger partial charge in [0, 0.05) is 12.7 Å². The molecule has 4 rings (SSSR count). The molecule has 2 aliphatic carbocycles. The second-order valence-electron chi connectivity index (χ2n) is 6.49. The summed E-state index contributed by atoms with van der Waals surface area (Å²) in [6.45, 7) is 2.62. The molecule has 1 aromatic carbocycles. The van der Waals surface area contributed by atoms with Gasteiger partial charge in [-0.25, -0.2) is 8.42 Å². The molecule has 2 saturated carbocycles. The summed E-state index contributed by atoms with van der Waals surface area (Å²) < 4.78 is 26.8. The normalized spacial score (nSPS) is 32.0. The Balaban J connectivity index is 1.62. The molecular formula is C16H19NO2S. The summed E-state index contributed by atoms with van der Waals surface area (Å²) in [5.41, 5.74) is 1.44. The van der Waals surface area contributed by atoms with E-state index in [1.807, 2.05) is 25.3 Å². The molecule has 1 aromatic rings. The van der Waals surface area contributed by atoms with E-state index < -0.39 is 10.0 Å². The Morgan fingerprint density at radius 3 is 2.45 bits per heavy atom. The quantitative estimate of drug-likeness (QED) is 0.858. The summed E-state index contributed by atoms with van der Waals surface area (Å²) in [6, 6.07) is 7.11. The van der Waals surface area contributed by atoms with E-state index in [0.717, 1.165) is 11.5 Å². The second kappa shape index (κ2) is 3.88. The molecule has 0 saturated heterocycles. The van der Waals surface area contributed by atoms with Crippen LogP contribution in [-0.4, -0.2) is 19.3 Å². The third kappa shape index (κ3) is 1.74. The average molecular weight is 289 g/mol. The molecule has 0 bridgehead atoms. The number of rotatable bonds is 3. The number of fused-ring (bicyclic) bond motifs is 1. The van der Waals surface area contributed by atoms with Crippen molar-refractivity contribution in [2.45, 2.75) is 31.1 Å². The van der Waals surface area contributed by atoms with Gasteiger partial charge in [-0.1, -0.05) is 23.8 Å². The van der Waals surface area contributed by atoms with Crippen molar-refractivity contribution in [2.75, 3.05) is 6.54 Å². The molecule has 20 heavy (non-hydrogen) atoms. The van der Waals surface area contributed by atoms with Crippen LogP contribution in [0.15, 0.2) is 41.4 Å². The summed E-state index contributed by atoms with van der Waals surface area (Å²) >= 11 is 0. The van der Waals surface area contributed by atoms with Crippen molar-refractivity contribution < 1.29 is 8.42 Å². The van der Waals surface area contributed by atoms with Crippen molar-refractivity contribution in [2.24, 2.45) is 17.3 Å². The molecule has 4 heteroatoms. The minimum atomic E-state index is -3.37. The molecule has 1 aliphatic heterocycles. The Morgan fingerprint density at radius 1 is 1.15 bits per heavy atom. The van der Waals surface area contributed by atoms with Crippen LogP contribution in [0.25, 0.3) is 0 Å². The maximum atomic E-state index is 12.6. The van der Waals surface area contributed by atoms with Gasteiger partial charge in [0.1, 0.15) is 0 Å². The second-order valence-corrected chi connectivity index (χ2v) is 8.38. The Morgan fingerprint density at radius 2 is 1.85 bits per heavy atom. The van der Waals surface area contributed by atoms with Crippen LogP contribution in [0, 0.1) is 24.2 Å². The Labute approximate surface area is 120 Å². The van der Waals surface area contributed by atoms with Crippen LogP contribution in [0.3, 0.4) is 0 Å². The molecule has 1 heterocycles. The van der Waals surface area contributed by atoms with Crippen molar-refractivity contribution in [3.63, 3.8) is 0 Å². The van der Waals surface area contributed by atoms with E-state index in [9.17, 15) is 8.42 Å². The highest BCUT2D eigenvalue weighted by atomic mass is 32.2. The van der Waals surface area contributed by atoms with Crippen LogP contribution in [0.2, 0.25) is 0 Å². The number of sulfonamides is 1. The van der Waals surface area contributed by atoms with Gasteiger partial charge in [0.2, 0.25) is 0 Å². The molecule has 0 radical (unpaired) electrons. The first-order valence-electron chi connectivity index (χ1n) is 7.30. The fourth-order valence-corrected chi connectivity index (χ4v) is 4.94. The first-order valence-corrected chi connectivity index (χ1v) is 8.74. The van der Waals surface area contributed by atoms with Gasteiger partial charge in [-0.15, -0.1) is 0 Å². The molecule has 106 valence electrons. The Kier molecular flexibility index (Phi) is 2.41. The van der Waals surface area contributed by atoms with E-state index in [-0.39, 0.29) is 0 Å². The van der Waals surface area contributed by atoms with Crippen LogP contribution in [0.1, 0.15) is 24.8 Å². The lowest BCUT2D eigenvalue weighted by Crippen LogP contribution is -2.32. The van der Waals surface area contributed by atoms with Crippen molar-refractivity contribution in [1.29, 1.82) is 0 Å². The van der Waals surface area contributed by atoms with Crippen LogP contribution >= 0.6 is 0 Å². The molecule has 0 amide bonds. The van der Waals surface area contributed by atoms with Crippen LogP contribution < -0.4 is 0 Å². The summed E-state index contributed by atoms with van der Waals surface area (Å²) in [6.07, 6.45) is 7.81. The van der Waals surface area contributed by atoms with Gasteiger partial charge in [0.25, 0.3) is 10.0 Å². The van der Waals surface area contributed by atoms with E-state index in [1.165, 1.54) is 23.6 Å². The smallest absolute Gasteiger partial charge is 0.263 e. The Hall–Kier alpha value is -1.29. The maximum absolute atomic E-state index is 12.6. The average Bonchev–Trinajstić information content (AvgIpc) is 3.30. The van der Waals surface area contributed by atoms with Gasteiger partial charge in [0.15, 0.2) is 0 Å². The van der Waals surface area contributed by atoms with E-state index in [0.29, 0.717) is 22.8 Å². The number of hydrogen-bond acceptors (Lipinski definition) is 2. The van der Waals surface area contributed by atoms with E-state index in [2.05, 4.69) is 6.08 Å². The first kappa shape index (κ1) is 12.5. The molecule has 0 aromatic heterocycles. The number of benzene rings is 1. The molecule has 3 aliphatic rings. The number of aryl methyl sites for hydroxylation is 1. The van der Waals surface area contributed by atoms with Crippen LogP contribution in [0.5, 0.6) is 0 Å². The molecule has 0 unspecified atom stereocenters. The zero-order valence-electron chi connectivity index (χ0n) is 11.6. The minimum Gasteiger partial charge on any atom is -0.273 e. The van der Waals surface area contributed by atoms with Crippen molar-refractivity contribution >= 4 is 10.0 Å². The summed E-state index contributed by atoms with van der Waals surface area (Å²) in [5.74, 6) is 1.37. The molecule has 2 atom stereocenters. The predicted molar refractivity (Wildman–Crippen MR) is 77.5 cm³/mol. The number of hydrogen-bond donors (Lipinski definition) is 0. The summed E-state index contributed by atoms with van der Waals surface area (Å²) in [4.78, 5) is 0.396. The highest BCUT2D eigenvalue weighted by Gasteiger charge is 2.62. The molecule has 3 nitrogen and oxygen atoms in total. The first-order chi connectivity index (χ1) is 9.52. The molecule has 0 N–H and O–H groups in total. The lowest BCUT2D eigenvalue weighted by atomic mass is 9.95. The third-order valence-electron chi connectivity index (χ3n) is 5.12. The van der Waals surface area contributed by atoms with Crippen molar-refractivity contribution in [3.8, 4) is 0 Å². The summed E-state index contributed by atoms with van der Waals surface area (Å²) in [7, 11) is -3.37. The van der Waals surface area contributed by atoms with Crippen molar-refractivity contribution in [3.05, 3.63) is 42.1 Å². The zero-order chi connectivity index (χ0) is 14.0. The van der Waals surface area contributed by atoms with E-state index >= 15 is 0 Å².